The van der Waals surface area contributed by atoms with Crippen LogP contribution >= 0.6 is 29.9 Å². The van der Waals surface area contributed by atoms with Crippen LogP contribution in [-0.2, 0) is 21.1 Å². The summed E-state index contributed by atoms with van der Waals surface area (Å²) in [5, 5.41) is 1.09. The fourth-order valence-electron chi connectivity index (χ4n) is 3.00. The summed E-state index contributed by atoms with van der Waals surface area (Å²) in [7, 11) is 0. The summed E-state index contributed by atoms with van der Waals surface area (Å²) in [5.74, 6) is 0.857. The molecule has 0 saturated carbocycles. The van der Waals surface area contributed by atoms with Gasteiger partial charge in [-0.2, -0.15) is 0 Å². The number of halogens is 2. The van der Waals surface area contributed by atoms with Gasteiger partial charge < -0.3 is 13.8 Å². The molecule has 12 heteroatoms. The number of aromatic nitrogens is 2. The van der Waals surface area contributed by atoms with Crippen molar-refractivity contribution >= 4 is 41.7 Å². The molecule has 0 aliphatic carbocycles. The normalized spacial score (nSPS) is 17.6. The molecule has 0 bridgehead atoms. The minimum absolute atomic E-state index is 0.00252. The molecule has 3 aromatic rings. The zero-order chi connectivity index (χ0) is 24.3. The monoisotopic (exact) mass is 540 g/mol. The average molecular weight is 541 g/mol. The summed E-state index contributed by atoms with van der Waals surface area (Å²) in [6, 6.07) is 13.3. The molecular formula is C22H19Cl2N2O6PS. The summed E-state index contributed by atoms with van der Waals surface area (Å²) in [6.45, 7) is -1.74. The van der Waals surface area contributed by atoms with Gasteiger partial charge in [-0.1, -0.05) is 29.3 Å². The Morgan fingerprint density at radius 1 is 1.00 bits per heavy atom. The van der Waals surface area contributed by atoms with Gasteiger partial charge >= 0.3 is 12.4 Å². The van der Waals surface area contributed by atoms with Crippen LogP contribution in [0.4, 0.5) is 0 Å². The molecule has 0 unspecified atom stereocenters. The van der Waals surface area contributed by atoms with Gasteiger partial charge in [0.2, 0.25) is 0 Å². The summed E-state index contributed by atoms with van der Waals surface area (Å²) in [4.78, 5) is 26.0. The van der Waals surface area contributed by atoms with Crippen LogP contribution in [0, 0.1) is 6.92 Å². The van der Waals surface area contributed by atoms with Crippen LogP contribution in [-0.4, -0.2) is 22.3 Å². The zero-order valence-electron chi connectivity index (χ0n) is 17.7. The van der Waals surface area contributed by atoms with E-state index >= 15 is 0 Å². The highest BCUT2D eigenvalue weighted by Crippen LogP contribution is 2.50. The number of aryl methyl sites for hydroxylation is 1. The van der Waals surface area contributed by atoms with Crippen molar-refractivity contribution in [2.24, 2.45) is 0 Å². The molecule has 34 heavy (non-hydrogen) atoms. The molecule has 0 radical (unpaired) electrons. The zero-order valence-corrected chi connectivity index (χ0v) is 20.9. The Labute approximate surface area is 209 Å². The summed E-state index contributed by atoms with van der Waals surface area (Å²) in [6.07, 6.45) is 3.63. The van der Waals surface area contributed by atoms with E-state index in [0.717, 1.165) is 0 Å². The van der Waals surface area contributed by atoms with E-state index in [1.807, 2.05) is 0 Å². The molecule has 2 aromatic carbocycles. The number of nitrogens with zero attached hydrogens (tertiary/aromatic N) is 1. The first-order valence-electron chi connectivity index (χ1n) is 10.0. The van der Waals surface area contributed by atoms with Crippen LogP contribution in [0.2, 0.25) is 10.0 Å². The van der Waals surface area contributed by atoms with Gasteiger partial charge in [0.05, 0.1) is 6.61 Å². The van der Waals surface area contributed by atoms with Crippen LogP contribution in [0.3, 0.4) is 0 Å². The number of benzene rings is 2. The fraction of sp³-hybridized carbons (Fsp3) is 0.182. The molecule has 1 aromatic heterocycles. The molecule has 0 fully saturated rings. The van der Waals surface area contributed by atoms with Crippen molar-refractivity contribution < 1.29 is 18.3 Å². The summed E-state index contributed by atoms with van der Waals surface area (Å²) < 4.78 is 25.0. The Morgan fingerprint density at radius 3 is 2.12 bits per heavy atom. The van der Waals surface area contributed by atoms with Crippen molar-refractivity contribution in [1.29, 1.82) is 0 Å². The second kappa shape index (κ2) is 10.5. The van der Waals surface area contributed by atoms with E-state index in [1.54, 1.807) is 67.6 Å². The number of H-pyrrole nitrogens is 1. The van der Waals surface area contributed by atoms with Crippen LogP contribution in [0.25, 0.3) is 0 Å². The predicted octanol–water partition coefficient (Wildman–Crippen LogP) is 5.00. The Kier molecular flexibility index (Phi) is 7.62. The molecule has 2 heterocycles. The molecular weight excluding hydrogens is 522 g/mol. The molecule has 1 N–H and O–H groups in total. The first kappa shape index (κ1) is 24.7. The van der Waals surface area contributed by atoms with Crippen LogP contribution in [0.5, 0.6) is 11.5 Å². The van der Waals surface area contributed by atoms with E-state index in [-0.39, 0.29) is 6.61 Å². The number of nitrogens with one attached hydrogen (secondary N) is 1. The Hall–Kier alpha value is -2.39. The average Bonchev–Trinajstić information content (AvgIpc) is 3.27. The smallest absolute Gasteiger partial charge is 0.416 e. The molecule has 2 atom stereocenters. The quantitative estimate of drug-likeness (QED) is 0.317. The van der Waals surface area contributed by atoms with Gasteiger partial charge in [0.15, 0.2) is 6.23 Å². The van der Waals surface area contributed by atoms with E-state index in [2.05, 4.69) is 4.98 Å². The van der Waals surface area contributed by atoms with Crippen molar-refractivity contribution in [3.63, 3.8) is 0 Å². The predicted molar refractivity (Wildman–Crippen MR) is 134 cm³/mol. The maximum atomic E-state index is 12.1. The molecule has 1 aliphatic rings. The lowest BCUT2D eigenvalue weighted by atomic mass is 10.3. The van der Waals surface area contributed by atoms with Gasteiger partial charge in [0.25, 0.3) is 5.56 Å². The standard InChI is InChI=1S/C22H19Cl2N2O6PS/c1-14-12-26(22(28)25-21(14)27)20-11-10-19(30-20)13-29-33(34,31-17-6-2-15(23)3-7-17)32-18-8-4-16(24)5-9-18/h2-12,19-20H,13H2,1H3,(H,25,27,28)/t19-,20+/m0/s1. The summed E-state index contributed by atoms with van der Waals surface area (Å²) >= 11 is 17.6. The molecule has 0 amide bonds. The topological polar surface area (TPSA) is 91.8 Å². The van der Waals surface area contributed by atoms with Crippen molar-refractivity contribution in [1.82, 2.24) is 9.55 Å². The number of rotatable bonds is 8. The van der Waals surface area contributed by atoms with Gasteiger partial charge in [-0.05, 0) is 61.5 Å². The SMILES string of the molecule is Cc1cn([C@H]2C=C[C@@H](COP(=S)(Oc3ccc(Cl)cc3)Oc3ccc(Cl)cc3)O2)c(=O)[nH]c1=O. The second-order valence-electron chi connectivity index (χ2n) is 7.26. The van der Waals surface area contributed by atoms with E-state index in [1.165, 1.54) is 10.8 Å². The number of hydrogen-bond acceptors (Lipinski definition) is 7. The highest BCUT2D eigenvalue weighted by Gasteiger charge is 2.29. The minimum atomic E-state index is -3.34. The van der Waals surface area contributed by atoms with Gasteiger partial charge in [0.1, 0.15) is 17.6 Å². The highest BCUT2D eigenvalue weighted by atomic mass is 35.5. The third-order valence-electron chi connectivity index (χ3n) is 4.68. The van der Waals surface area contributed by atoms with E-state index < -0.39 is 30.3 Å². The Morgan fingerprint density at radius 2 is 1.56 bits per heavy atom. The van der Waals surface area contributed by atoms with Crippen molar-refractivity contribution in [2.75, 3.05) is 6.61 Å². The van der Waals surface area contributed by atoms with E-state index in [0.29, 0.717) is 27.1 Å². The summed E-state index contributed by atoms with van der Waals surface area (Å²) in [5.41, 5.74) is -0.629. The third kappa shape index (κ3) is 6.18. The molecule has 0 saturated heterocycles. The van der Waals surface area contributed by atoms with Gasteiger partial charge in [-0.15, -0.1) is 0 Å². The highest BCUT2D eigenvalue weighted by molar-refractivity contribution is 8.07. The number of hydrogen-bond donors (Lipinski definition) is 1. The first-order valence-corrected chi connectivity index (χ1v) is 13.3. The molecule has 1 aliphatic heterocycles. The lowest BCUT2D eigenvalue weighted by molar-refractivity contribution is -0.00695. The van der Waals surface area contributed by atoms with Gasteiger partial charge in [0, 0.05) is 33.6 Å². The van der Waals surface area contributed by atoms with Crippen LogP contribution in [0.1, 0.15) is 11.8 Å². The lowest BCUT2D eigenvalue weighted by Crippen LogP contribution is -2.33. The Bertz CT molecular complexity index is 1310. The molecule has 0 spiro atoms. The van der Waals surface area contributed by atoms with Gasteiger partial charge in [-0.3, -0.25) is 18.9 Å². The van der Waals surface area contributed by atoms with Crippen molar-refractivity contribution in [3.05, 3.63) is 103 Å². The van der Waals surface area contributed by atoms with E-state index in [9.17, 15) is 9.59 Å². The largest absolute Gasteiger partial charge is 0.435 e. The van der Waals surface area contributed by atoms with Crippen LogP contribution in [0.15, 0.2) is 76.5 Å². The second-order valence-corrected chi connectivity index (χ2v) is 11.0. The molecule has 4 rings (SSSR count). The van der Waals surface area contributed by atoms with E-state index in [4.69, 9.17) is 53.3 Å². The maximum Gasteiger partial charge on any atom is 0.435 e. The fourth-order valence-corrected chi connectivity index (χ4v) is 5.19. The van der Waals surface area contributed by atoms with Crippen LogP contribution < -0.4 is 20.3 Å². The van der Waals surface area contributed by atoms with Crippen molar-refractivity contribution in [3.8, 4) is 11.5 Å². The minimum Gasteiger partial charge on any atom is -0.416 e. The molecule has 8 nitrogen and oxygen atoms in total. The Balaban J connectivity index is 1.47. The lowest BCUT2D eigenvalue weighted by Gasteiger charge is -2.24. The first-order chi connectivity index (χ1) is 16.2. The third-order valence-corrected chi connectivity index (χ3v) is 7.28. The van der Waals surface area contributed by atoms with Crippen molar-refractivity contribution in [2.45, 2.75) is 19.3 Å². The number of aromatic amines is 1. The molecule has 178 valence electrons. The number of ether oxygens (including phenoxy) is 1. The van der Waals surface area contributed by atoms with Gasteiger partial charge in [-0.25, -0.2) is 4.79 Å². The maximum absolute atomic E-state index is 12.1.